The van der Waals surface area contributed by atoms with Gasteiger partial charge in [-0.2, -0.15) is 0 Å². The molecule has 2 nitrogen and oxygen atoms in total. The SMILES string of the molecule is FC(F)C(F)OC1CNC1. The molecule has 1 N–H and O–H groups in total. The number of halogens is 3. The second-order valence-electron chi connectivity index (χ2n) is 2.10. The molecule has 1 rings (SSSR count). The Bertz CT molecular complexity index is 107. The molecule has 0 bridgehead atoms. The Labute approximate surface area is 56.4 Å². The molecular weight excluding hydrogens is 147 g/mol. The summed E-state index contributed by atoms with van der Waals surface area (Å²) in [5.74, 6) is 0. The van der Waals surface area contributed by atoms with Crippen LogP contribution in [-0.2, 0) is 4.74 Å². The van der Waals surface area contributed by atoms with E-state index in [9.17, 15) is 13.2 Å². The number of nitrogens with one attached hydrogen (secondary N) is 1. The molecule has 1 atom stereocenters. The van der Waals surface area contributed by atoms with Gasteiger partial charge in [0.15, 0.2) is 0 Å². The summed E-state index contributed by atoms with van der Waals surface area (Å²) in [5, 5.41) is 2.77. The lowest BCUT2D eigenvalue weighted by Crippen LogP contribution is -2.50. The lowest BCUT2D eigenvalue weighted by molar-refractivity contribution is -0.166. The molecule has 1 saturated heterocycles. The van der Waals surface area contributed by atoms with E-state index < -0.39 is 12.8 Å². The molecule has 5 heteroatoms. The van der Waals surface area contributed by atoms with Crippen LogP contribution in [-0.4, -0.2) is 32.0 Å². The Hall–Kier alpha value is -0.290. The first-order valence-corrected chi connectivity index (χ1v) is 2.98. The van der Waals surface area contributed by atoms with Crippen molar-refractivity contribution in [3.63, 3.8) is 0 Å². The van der Waals surface area contributed by atoms with E-state index in [1.807, 2.05) is 0 Å². The number of rotatable bonds is 3. The molecule has 0 aromatic rings. The van der Waals surface area contributed by atoms with Crippen molar-refractivity contribution in [2.45, 2.75) is 18.9 Å². The van der Waals surface area contributed by atoms with Gasteiger partial charge < -0.3 is 10.1 Å². The maximum absolute atomic E-state index is 12.0. The summed E-state index contributed by atoms with van der Waals surface area (Å²) in [5.41, 5.74) is 0. The second kappa shape index (κ2) is 3.21. The summed E-state index contributed by atoms with van der Waals surface area (Å²) >= 11 is 0. The maximum atomic E-state index is 12.0. The Morgan fingerprint density at radius 2 is 1.90 bits per heavy atom. The summed E-state index contributed by atoms with van der Waals surface area (Å²) in [6.07, 6.45) is -5.82. The van der Waals surface area contributed by atoms with Crippen LogP contribution in [0.1, 0.15) is 0 Å². The molecule has 1 fully saturated rings. The molecule has 0 aromatic carbocycles. The number of alkyl halides is 3. The zero-order valence-corrected chi connectivity index (χ0v) is 5.19. The minimum absolute atomic E-state index is 0.371. The smallest absolute Gasteiger partial charge is 0.293 e. The molecule has 0 aromatic heterocycles. The second-order valence-corrected chi connectivity index (χ2v) is 2.10. The van der Waals surface area contributed by atoms with Crippen LogP contribution in [0.15, 0.2) is 0 Å². The minimum atomic E-state index is -3.03. The zero-order valence-electron chi connectivity index (χ0n) is 5.19. The highest BCUT2D eigenvalue weighted by molar-refractivity contribution is 4.75. The maximum Gasteiger partial charge on any atom is 0.293 e. The van der Waals surface area contributed by atoms with Crippen molar-refractivity contribution in [2.75, 3.05) is 13.1 Å². The molecule has 1 aliphatic heterocycles. The predicted octanol–water partition coefficient (Wildman–Crippen LogP) is 0.535. The fourth-order valence-electron chi connectivity index (χ4n) is 0.602. The fourth-order valence-corrected chi connectivity index (χ4v) is 0.602. The van der Waals surface area contributed by atoms with Gasteiger partial charge in [0.1, 0.15) is 0 Å². The van der Waals surface area contributed by atoms with Crippen LogP contribution >= 0.6 is 0 Å². The summed E-state index contributed by atoms with van der Waals surface area (Å²) < 4.78 is 39.1. The Kier molecular flexibility index (Phi) is 2.50. The van der Waals surface area contributed by atoms with E-state index in [2.05, 4.69) is 10.1 Å². The van der Waals surface area contributed by atoms with Crippen molar-refractivity contribution in [1.82, 2.24) is 5.32 Å². The molecule has 1 aliphatic rings. The summed E-state index contributed by atoms with van der Waals surface area (Å²) in [7, 11) is 0. The monoisotopic (exact) mass is 155 g/mol. The molecule has 0 spiro atoms. The van der Waals surface area contributed by atoms with E-state index in [4.69, 9.17) is 0 Å². The quantitative estimate of drug-likeness (QED) is 0.642. The van der Waals surface area contributed by atoms with Crippen molar-refractivity contribution in [3.05, 3.63) is 0 Å². The van der Waals surface area contributed by atoms with Gasteiger partial charge in [-0.25, -0.2) is 13.2 Å². The minimum Gasteiger partial charge on any atom is -0.338 e. The Morgan fingerprint density at radius 1 is 1.30 bits per heavy atom. The fraction of sp³-hybridized carbons (Fsp3) is 1.00. The lowest BCUT2D eigenvalue weighted by atomic mass is 10.2. The van der Waals surface area contributed by atoms with E-state index in [1.165, 1.54) is 0 Å². The average Bonchev–Trinajstić information content (AvgIpc) is 1.77. The molecule has 1 unspecified atom stereocenters. The van der Waals surface area contributed by atoms with Crippen LogP contribution in [0.5, 0.6) is 0 Å². The lowest BCUT2D eigenvalue weighted by Gasteiger charge is -2.28. The van der Waals surface area contributed by atoms with Crippen molar-refractivity contribution in [1.29, 1.82) is 0 Å². The molecule has 0 saturated carbocycles. The number of ether oxygens (including phenoxy) is 1. The highest BCUT2D eigenvalue weighted by atomic mass is 19.3. The third kappa shape index (κ3) is 1.85. The van der Waals surface area contributed by atoms with Crippen LogP contribution < -0.4 is 5.32 Å². The van der Waals surface area contributed by atoms with E-state index in [0.29, 0.717) is 13.1 Å². The predicted molar refractivity (Wildman–Crippen MR) is 28.6 cm³/mol. The topological polar surface area (TPSA) is 21.3 Å². The highest BCUT2D eigenvalue weighted by Gasteiger charge is 2.27. The normalized spacial score (nSPS) is 22.8. The molecule has 0 amide bonds. The van der Waals surface area contributed by atoms with Gasteiger partial charge in [0, 0.05) is 13.1 Å². The van der Waals surface area contributed by atoms with E-state index >= 15 is 0 Å². The van der Waals surface area contributed by atoms with Crippen molar-refractivity contribution in [2.24, 2.45) is 0 Å². The van der Waals surface area contributed by atoms with Gasteiger partial charge >= 0.3 is 0 Å². The van der Waals surface area contributed by atoms with Gasteiger partial charge in [-0.15, -0.1) is 0 Å². The van der Waals surface area contributed by atoms with Crippen LogP contribution in [0.3, 0.4) is 0 Å². The molecule has 10 heavy (non-hydrogen) atoms. The van der Waals surface area contributed by atoms with Gasteiger partial charge in [0.2, 0.25) is 0 Å². The van der Waals surface area contributed by atoms with Gasteiger partial charge in [-0.05, 0) is 0 Å². The average molecular weight is 155 g/mol. The number of hydrogen-bond acceptors (Lipinski definition) is 2. The molecule has 0 aliphatic carbocycles. The van der Waals surface area contributed by atoms with Crippen molar-refractivity contribution >= 4 is 0 Å². The molecular formula is C5H8F3NO. The molecule has 0 radical (unpaired) electrons. The highest BCUT2D eigenvalue weighted by Crippen LogP contribution is 2.11. The third-order valence-corrected chi connectivity index (χ3v) is 1.26. The van der Waals surface area contributed by atoms with Crippen LogP contribution in [0, 0.1) is 0 Å². The first-order valence-electron chi connectivity index (χ1n) is 2.98. The van der Waals surface area contributed by atoms with Crippen molar-refractivity contribution < 1.29 is 17.9 Å². The molecule has 1 heterocycles. The van der Waals surface area contributed by atoms with Crippen LogP contribution in [0.2, 0.25) is 0 Å². The first-order chi connectivity index (χ1) is 4.70. The van der Waals surface area contributed by atoms with Gasteiger partial charge in [-0.1, -0.05) is 0 Å². The Morgan fingerprint density at radius 3 is 2.20 bits per heavy atom. The first kappa shape index (κ1) is 7.81. The van der Waals surface area contributed by atoms with E-state index in [1.54, 1.807) is 0 Å². The van der Waals surface area contributed by atoms with E-state index in [0.717, 1.165) is 0 Å². The summed E-state index contributed by atoms with van der Waals surface area (Å²) in [6.45, 7) is 0.931. The summed E-state index contributed by atoms with van der Waals surface area (Å²) in [4.78, 5) is 0. The van der Waals surface area contributed by atoms with Gasteiger partial charge in [0.25, 0.3) is 12.8 Å². The number of hydrogen-bond donors (Lipinski definition) is 1. The van der Waals surface area contributed by atoms with Crippen molar-refractivity contribution in [3.8, 4) is 0 Å². The van der Waals surface area contributed by atoms with Gasteiger partial charge in [0.05, 0.1) is 6.10 Å². The van der Waals surface area contributed by atoms with Crippen LogP contribution in [0.25, 0.3) is 0 Å². The zero-order chi connectivity index (χ0) is 7.56. The third-order valence-electron chi connectivity index (χ3n) is 1.26. The Balaban J connectivity index is 2.10. The van der Waals surface area contributed by atoms with Gasteiger partial charge in [-0.3, -0.25) is 0 Å². The van der Waals surface area contributed by atoms with Crippen LogP contribution in [0.4, 0.5) is 13.2 Å². The van der Waals surface area contributed by atoms with E-state index in [-0.39, 0.29) is 6.10 Å². The molecule has 60 valence electrons. The standard InChI is InChI=1S/C5H8F3NO/c6-4(7)5(8)10-3-1-9-2-3/h3-5,9H,1-2H2. The largest absolute Gasteiger partial charge is 0.338 e. The summed E-state index contributed by atoms with van der Waals surface area (Å²) in [6, 6.07) is 0.